The number of alkyl halides is 6. The predicted molar refractivity (Wildman–Crippen MR) is 85.6 cm³/mol. The van der Waals surface area contributed by atoms with Crippen LogP contribution in [0.15, 0.2) is 46.5 Å². The molecule has 0 fully saturated rings. The number of amidine groups is 2. The highest BCUT2D eigenvalue weighted by Gasteiger charge is 2.35. The molecule has 142 valence electrons. The Hall–Kier alpha value is -2.69. The van der Waals surface area contributed by atoms with Crippen LogP contribution in [-0.2, 0) is 12.4 Å². The van der Waals surface area contributed by atoms with Gasteiger partial charge in [0.15, 0.2) is 5.84 Å². The van der Waals surface area contributed by atoms with Crippen molar-refractivity contribution in [2.24, 2.45) is 9.98 Å². The summed E-state index contributed by atoms with van der Waals surface area (Å²) in [7, 11) is 0. The molecule has 0 unspecified atom stereocenters. The molecular weight excluding hydrogens is 400 g/mol. The molecule has 2 aromatic rings. The highest BCUT2D eigenvalue weighted by atomic mass is 35.5. The summed E-state index contributed by atoms with van der Waals surface area (Å²) in [6, 6.07) is 5.09. The van der Waals surface area contributed by atoms with E-state index >= 15 is 0 Å². The quantitative estimate of drug-likeness (QED) is 0.550. The first-order valence-electron chi connectivity index (χ1n) is 7.20. The standard InChI is InChI=1S/C15H8ClF6N5/c16-13-24-7-27(8-4-5-23-11(6-8)15(20,21)22)12(26-13)9-2-1-3-10(25-9)14(17,18)19/h1-6H,7H2. The van der Waals surface area contributed by atoms with Gasteiger partial charge in [-0.1, -0.05) is 6.07 Å². The maximum Gasteiger partial charge on any atom is 0.433 e. The number of halogens is 7. The van der Waals surface area contributed by atoms with Gasteiger partial charge >= 0.3 is 12.4 Å². The van der Waals surface area contributed by atoms with Crippen LogP contribution in [0.2, 0.25) is 0 Å². The summed E-state index contributed by atoms with van der Waals surface area (Å²) in [6.07, 6.45) is -8.47. The van der Waals surface area contributed by atoms with Crippen LogP contribution in [0.25, 0.3) is 0 Å². The first kappa shape index (κ1) is 19.1. The molecule has 0 saturated heterocycles. The van der Waals surface area contributed by atoms with Gasteiger partial charge in [0.2, 0.25) is 5.29 Å². The Morgan fingerprint density at radius 2 is 1.67 bits per heavy atom. The van der Waals surface area contributed by atoms with Gasteiger partial charge in [0.1, 0.15) is 23.8 Å². The van der Waals surface area contributed by atoms with Crippen molar-refractivity contribution in [3.8, 4) is 0 Å². The minimum atomic E-state index is -4.70. The minimum absolute atomic E-state index is 0.0248. The largest absolute Gasteiger partial charge is 0.433 e. The van der Waals surface area contributed by atoms with Gasteiger partial charge in [-0.25, -0.2) is 9.98 Å². The van der Waals surface area contributed by atoms with Crippen molar-refractivity contribution in [2.45, 2.75) is 12.4 Å². The van der Waals surface area contributed by atoms with Gasteiger partial charge < -0.3 is 4.90 Å². The second-order valence-electron chi connectivity index (χ2n) is 5.23. The van der Waals surface area contributed by atoms with Crippen LogP contribution in [0.1, 0.15) is 17.1 Å². The van der Waals surface area contributed by atoms with Gasteiger partial charge in [0.25, 0.3) is 0 Å². The summed E-state index contributed by atoms with van der Waals surface area (Å²) in [5, 5.41) is -0.259. The number of anilines is 1. The van der Waals surface area contributed by atoms with Crippen LogP contribution >= 0.6 is 11.6 Å². The molecule has 3 rings (SSSR count). The molecule has 0 spiro atoms. The third-order valence-electron chi connectivity index (χ3n) is 3.41. The highest BCUT2D eigenvalue weighted by molar-refractivity contribution is 6.66. The molecule has 2 aromatic heterocycles. The van der Waals surface area contributed by atoms with E-state index in [0.29, 0.717) is 0 Å². The number of aliphatic imine (C=N–C) groups is 2. The lowest BCUT2D eigenvalue weighted by Gasteiger charge is -2.27. The SMILES string of the molecule is FC(F)(F)c1cc(N2CN=C(Cl)N=C2c2cccc(C(F)(F)F)n2)ccn1. The van der Waals surface area contributed by atoms with Crippen molar-refractivity contribution >= 4 is 28.4 Å². The highest BCUT2D eigenvalue weighted by Crippen LogP contribution is 2.31. The Morgan fingerprint density at radius 3 is 2.33 bits per heavy atom. The number of nitrogens with zero attached hydrogens (tertiary/aromatic N) is 5. The molecule has 3 heterocycles. The van der Waals surface area contributed by atoms with Gasteiger partial charge in [-0.3, -0.25) is 4.98 Å². The minimum Gasteiger partial charge on any atom is -0.304 e. The molecule has 1 aliphatic rings. The molecule has 1 aliphatic heterocycles. The van der Waals surface area contributed by atoms with E-state index < -0.39 is 23.7 Å². The third kappa shape index (κ3) is 4.18. The number of aromatic nitrogens is 2. The first-order valence-corrected chi connectivity index (χ1v) is 7.57. The van der Waals surface area contributed by atoms with Gasteiger partial charge in [0, 0.05) is 11.9 Å². The average molecular weight is 408 g/mol. The summed E-state index contributed by atoms with van der Waals surface area (Å²) >= 11 is 5.74. The fourth-order valence-corrected chi connectivity index (χ4v) is 2.37. The first-order chi connectivity index (χ1) is 12.6. The number of hydrogen-bond donors (Lipinski definition) is 0. The van der Waals surface area contributed by atoms with Crippen LogP contribution in [0.5, 0.6) is 0 Å². The van der Waals surface area contributed by atoms with Crippen molar-refractivity contribution in [1.82, 2.24) is 9.97 Å². The predicted octanol–water partition coefficient (Wildman–Crippen LogP) is 4.33. The third-order valence-corrected chi connectivity index (χ3v) is 3.61. The van der Waals surface area contributed by atoms with E-state index in [1.54, 1.807) is 0 Å². The lowest BCUT2D eigenvalue weighted by Crippen LogP contribution is -2.36. The van der Waals surface area contributed by atoms with Crippen LogP contribution in [0, 0.1) is 0 Å². The monoisotopic (exact) mass is 407 g/mol. The Bertz CT molecular complexity index is 921. The Balaban J connectivity index is 2.07. The molecule has 5 nitrogen and oxygen atoms in total. The zero-order valence-electron chi connectivity index (χ0n) is 13.1. The molecule has 0 radical (unpaired) electrons. The van der Waals surface area contributed by atoms with E-state index in [-0.39, 0.29) is 29.2 Å². The van der Waals surface area contributed by atoms with Crippen LogP contribution < -0.4 is 4.90 Å². The Morgan fingerprint density at radius 1 is 0.963 bits per heavy atom. The Labute approximate surface area is 153 Å². The molecular formula is C15H8ClF6N5. The second kappa shape index (κ2) is 6.80. The lowest BCUT2D eigenvalue weighted by atomic mass is 10.2. The topological polar surface area (TPSA) is 53.7 Å². The fourth-order valence-electron chi connectivity index (χ4n) is 2.24. The van der Waals surface area contributed by atoms with Crippen molar-refractivity contribution in [3.05, 3.63) is 53.6 Å². The van der Waals surface area contributed by atoms with Crippen LogP contribution in [-0.4, -0.2) is 27.8 Å². The van der Waals surface area contributed by atoms with Crippen molar-refractivity contribution in [3.63, 3.8) is 0 Å². The summed E-state index contributed by atoms with van der Waals surface area (Å²) < 4.78 is 77.5. The Kier molecular flexibility index (Phi) is 4.81. The number of rotatable bonds is 2. The summed E-state index contributed by atoms with van der Waals surface area (Å²) in [6.45, 7) is -0.253. The van der Waals surface area contributed by atoms with Crippen molar-refractivity contribution < 1.29 is 26.3 Å². The van der Waals surface area contributed by atoms with Crippen molar-refractivity contribution in [2.75, 3.05) is 11.6 Å². The van der Waals surface area contributed by atoms with Crippen molar-refractivity contribution in [1.29, 1.82) is 0 Å². The summed E-state index contributed by atoms with van der Waals surface area (Å²) in [5.74, 6) is -0.166. The molecule has 0 saturated carbocycles. The maximum absolute atomic E-state index is 12.9. The number of hydrogen-bond acceptors (Lipinski definition) is 5. The van der Waals surface area contributed by atoms with Gasteiger partial charge in [-0.2, -0.15) is 31.3 Å². The smallest absolute Gasteiger partial charge is 0.304 e. The van der Waals surface area contributed by atoms with Crippen LogP contribution in [0.3, 0.4) is 0 Å². The van der Waals surface area contributed by atoms with Gasteiger partial charge in [0.05, 0.1) is 0 Å². The normalized spacial score (nSPS) is 15.4. The van der Waals surface area contributed by atoms with Gasteiger partial charge in [-0.05, 0) is 35.9 Å². The van der Waals surface area contributed by atoms with E-state index in [0.717, 1.165) is 29.3 Å². The average Bonchev–Trinajstić information content (AvgIpc) is 2.60. The van der Waals surface area contributed by atoms with E-state index in [9.17, 15) is 26.3 Å². The van der Waals surface area contributed by atoms with E-state index in [1.807, 2.05) is 0 Å². The lowest BCUT2D eigenvalue weighted by molar-refractivity contribution is -0.142. The van der Waals surface area contributed by atoms with Gasteiger partial charge in [-0.15, -0.1) is 0 Å². The molecule has 12 heteroatoms. The summed E-state index contributed by atoms with van der Waals surface area (Å²) in [4.78, 5) is 15.6. The molecule has 27 heavy (non-hydrogen) atoms. The maximum atomic E-state index is 12.9. The molecule has 0 aliphatic carbocycles. The zero-order valence-corrected chi connectivity index (χ0v) is 13.8. The fraction of sp³-hybridized carbons (Fsp3) is 0.200. The molecule has 0 amide bonds. The molecule has 0 N–H and O–H groups in total. The number of pyridine rings is 2. The van der Waals surface area contributed by atoms with Crippen LogP contribution in [0.4, 0.5) is 32.0 Å². The van der Waals surface area contributed by atoms with E-state index in [1.165, 1.54) is 12.1 Å². The molecule has 0 atom stereocenters. The van der Waals surface area contributed by atoms with E-state index in [2.05, 4.69) is 20.0 Å². The second-order valence-corrected chi connectivity index (χ2v) is 5.57. The zero-order chi connectivity index (χ0) is 19.8. The molecule has 0 bridgehead atoms. The molecule has 0 aromatic carbocycles. The summed E-state index contributed by atoms with van der Waals surface area (Å²) in [5.41, 5.74) is -2.59. The van der Waals surface area contributed by atoms with E-state index in [4.69, 9.17) is 11.6 Å².